The third kappa shape index (κ3) is 5.38. The van der Waals surface area contributed by atoms with Crippen molar-refractivity contribution in [1.82, 2.24) is 15.1 Å². The lowest BCUT2D eigenvalue weighted by molar-refractivity contribution is -0.117. The van der Waals surface area contributed by atoms with E-state index in [1.807, 2.05) is 25.1 Å². The van der Waals surface area contributed by atoms with Crippen LogP contribution >= 0.6 is 0 Å². The summed E-state index contributed by atoms with van der Waals surface area (Å²) in [6.07, 6.45) is 0.800. The van der Waals surface area contributed by atoms with Crippen molar-refractivity contribution < 1.29 is 19.1 Å². The molecule has 9 heteroatoms. The second kappa shape index (κ2) is 9.99. The topological polar surface area (TPSA) is 112 Å². The highest BCUT2D eigenvalue weighted by atomic mass is 16.5. The Morgan fingerprint density at radius 2 is 1.85 bits per heavy atom. The molecular formula is C24H24N4O5. The highest BCUT2D eigenvalue weighted by Crippen LogP contribution is 2.33. The van der Waals surface area contributed by atoms with Crippen molar-refractivity contribution >= 4 is 17.5 Å². The van der Waals surface area contributed by atoms with Crippen molar-refractivity contribution in [1.29, 1.82) is 0 Å². The van der Waals surface area contributed by atoms with Crippen LogP contribution in [0.5, 0.6) is 11.5 Å². The minimum atomic E-state index is -0.437. The second-order valence-electron chi connectivity index (χ2n) is 7.41. The number of ether oxygens (including phenoxy) is 2. The van der Waals surface area contributed by atoms with E-state index in [9.17, 15) is 14.4 Å². The SMILES string of the molecule is CCNC(=O)c1cccc(NC(=O)Cn2nc(-c3ccc4c(c3)OCCCO4)ccc2=O)c1. The summed E-state index contributed by atoms with van der Waals surface area (Å²) in [6, 6.07) is 15.0. The molecule has 1 aliphatic rings. The molecule has 0 unspecified atom stereocenters. The minimum Gasteiger partial charge on any atom is -0.490 e. The fourth-order valence-corrected chi connectivity index (χ4v) is 3.38. The van der Waals surface area contributed by atoms with Crippen LogP contribution in [0, 0.1) is 0 Å². The van der Waals surface area contributed by atoms with Crippen LogP contribution in [0.2, 0.25) is 0 Å². The maximum absolute atomic E-state index is 12.6. The van der Waals surface area contributed by atoms with Gasteiger partial charge in [-0.3, -0.25) is 14.4 Å². The third-order valence-corrected chi connectivity index (χ3v) is 4.95. The number of aromatic nitrogens is 2. The predicted molar refractivity (Wildman–Crippen MR) is 123 cm³/mol. The summed E-state index contributed by atoms with van der Waals surface area (Å²) in [5, 5.41) is 9.77. The first-order chi connectivity index (χ1) is 16.0. The lowest BCUT2D eigenvalue weighted by Gasteiger charge is -2.11. The van der Waals surface area contributed by atoms with Crippen molar-refractivity contribution in [2.24, 2.45) is 0 Å². The molecule has 33 heavy (non-hydrogen) atoms. The van der Waals surface area contributed by atoms with Crippen LogP contribution in [-0.2, 0) is 11.3 Å². The van der Waals surface area contributed by atoms with Gasteiger partial charge in [0.25, 0.3) is 11.5 Å². The average molecular weight is 448 g/mol. The zero-order chi connectivity index (χ0) is 23.2. The van der Waals surface area contributed by atoms with E-state index in [0.29, 0.717) is 48.2 Å². The van der Waals surface area contributed by atoms with Gasteiger partial charge in [-0.05, 0) is 49.4 Å². The number of benzene rings is 2. The lowest BCUT2D eigenvalue weighted by Crippen LogP contribution is -2.29. The molecule has 170 valence electrons. The maximum Gasteiger partial charge on any atom is 0.267 e. The Morgan fingerprint density at radius 3 is 2.67 bits per heavy atom. The number of carbonyl (C=O) groups is 2. The standard InChI is InChI=1S/C24H24N4O5/c1-2-25-24(31)17-5-3-6-18(13-17)26-22(29)15-28-23(30)10-8-19(27-28)16-7-9-20-21(14-16)33-12-4-11-32-20/h3,5-10,13-14H,2,4,11-12,15H2,1H3,(H,25,31)(H,26,29). The van der Waals surface area contributed by atoms with Crippen molar-refractivity contribution in [3.63, 3.8) is 0 Å². The molecule has 0 spiro atoms. The van der Waals surface area contributed by atoms with E-state index in [2.05, 4.69) is 15.7 Å². The largest absolute Gasteiger partial charge is 0.490 e. The Balaban J connectivity index is 1.50. The molecule has 0 fully saturated rings. The summed E-state index contributed by atoms with van der Waals surface area (Å²) < 4.78 is 12.5. The van der Waals surface area contributed by atoms with Gasteiger partial charge < -0.3 is 20.1 Å². The number of hydrogen-bond donors (Lipinski definition) is 2. The van der Waals surface area contributed by atoms with Crippen molar-refractivity contribution in [3.05, 3.63) is 70.5 Å². The highest BCUT2D eigenvalue weighted by molar-refractivity contribution is 5.97. The van der Waals surface area contributed by atoms with Crippen LogP contribution in [0.4, 0.5) is 5.69 Å². The molecule has 2 aromatic carbocycles. The zero-order valence-electron chi connectivity index (χ0n) is 18.2. The monoisotopic (exact) mass is 448 g/mol. The summed E-state index contributed by atoms with van der Waals surface area (Å²) in [5.41, 5.74) is 1.75. The van der Waals surface area contributed by atoms with E-state index < -0.39 is 11.5 Å². The Bertz CT molecular complexity index is 1240. The first kappa shape index (κ1) is 22.1. The van der Waals surface area contributed by atoms with Gasteiger partial charge in [0.15, 0.2) is 11.5 Å². The molecule has 9 nitrogen and oxygen atoms in total. The predicted octanol–water partition coefficient (Wildman–Crippen LogP) is 2.46. The zero-order valence-corrected chi connectivity index (χ0v) is 18.2. The van der Waals surface area contributed by atoms with Gasteiger partial charge >= 0.3 is 0 Å². The van der Waals surface area contributed by atoms with E-state index in [1.54, 1.807) is 30.3 Å². The number of anilines is 1. The van der Waals surface area contributed by atoms with Crippen molar-refractivity contribution in [2.75, 3.05) is 25.1 Å². The summed E-state index contributed by atoms with van der Waals surface area (Å²) in [4.78, 5) is 36.9. The van der Waals surface area contributed by atoms with Gasteiger partial charge in [-0.1, -0.05) is 6.07 Å². The smallest absolute Gasteiger partial charge is 0.267 e. The summed E-state index contributed by atoms with van der Waals surface area (Å²) in [7, 11) is 0. The Hall–Kier alpha value is -4.14. The van der Waals surface area contributed by atoms with Crippen molar-refractivity contribution in [2.45, 2.75) is 19.9 Å². The minimum absolute atomic E-state index is 0.227. The van der Waals surface area contributed by atoms with Crippen LogP contribution in [0.15, 0.2) is 59.4 Å². The number of hydrogen-bond acceptors (Lipinski definition) is 6. The summed E-state index contributed by atoms with van der Waals surface area (Å²) in [5.74, 6) is 0.621. The van der Waals surface area contributed by atoms with Gasteiger partial charge in [0.1, 0.15) is 6.54 Å². The Labute approximate surface area is 190 Å². The van der Waals surface area contributed by atoms with Gasteiger partial charge in [0.05, 0.1) is 18.9 Å². The Kier molecular flexibility index (Phi) is 6.68. The van der Waals surface area contributed by atoms with E-state index >= 15 is 0 Å². The maximum atomic E-state index is 12.6. The molecule has 2 N–H and O–H groups in total. The van der Waals surface area contributed by atoms with Crippen LogP contribution in [0.1, 0.15) is 23.7 Å². The molecular weight excluding hydrogens is 424 g/mol. The Morgan fingerprint density at radius 1 is 1.03 bits per heavy atom. The van der Waals surface area contributed by atoms with Gasteiger partial charge in [0, 0.05) is 35.8 Å². The first-order valence-corrected chi connectivity index (χ1v) is 10.7. The van der Waals surface area contributed by atoms with Crippen LogP contribution in [-0.4, -0.2) is 41.4 Å². The van der Waals surface area contributed by atoms with E-state index in [4.69, 9.17) is 9.47 Å². The van der Waals surface area contributed by atoms with Crippen LogP contribution < -0.4 is 25.7 Å². The molecule has 0 bridgehead atoms. The van der Waals surface area contributed by atoms with Crippen LogP contribution in [0.25, 0.3) is 11.3 Å². The average Bonchev–Trinajstić information content (AvgIpc) is 3.06. The summed E-state index contributed by atoms with van der Waals surface area (Å²) >= 11 is 0. The highest BCUT2D eigenvalue weighted by Gasteiger charge is 2.14. The van der Waals surface area contributed by atoms with Gasteiger partial charge in [0.2, 0.25) is 5.91 Å². The van der Waals surface area contributed by atoms with Crippen LogP contribution in [0.3, 0.4) is 0 Å². The fourth-order valence-electron chi connectivity index (χ4n) is 3.38. The second-order valence-corrected chi connectivity index (χ2v) is 7.41. The number of rotatable bonds is 6. The van der Waals surface area contributed by atoms with E-state index in [1.165, 1.54) is 6.07 Å². The van der Waals surface area contributed by atoms with Gasteiger partial charge in [-0.25, -0.2) is 4.68 Å². The van der Waals surface area contributed by atoms with E-state index in [-0.39, 0.29) is 12.5 Å². The molecule has 2 heterocycles. The molecule has 0 radical (unpaired) electrons. The molecule has 1 aromatic heterocycles. The fraction of sp³-hybridized carbons (Fsp3) is 0.250. The normalized spacial score (nSPS) is 12.5. The lowest BCUT2D eigenvalue weighted by atomic mass is 10.1. The number of carbonyl (C=O) groups excluding carboxylic acids is 2. The molecule has 3 aromatic rings. The molecule has 2 amide bonds. The molecule has 0 saturated carbocycles. The van der Waals surface area contributed by atoms with Gasteiger partial charge in [-0.15, -0.1) is 0 Å². The summed E-state index contributed by atoms with van der Waals surface area (Å²) in [6.45, 7) is 3.21. The first-order valence-electron chi connectivity index (χ1n) is 10.7. The number of amides is 2. The molecule has 4 rings (SSSR count). The number of nitrogens with one attached hydrogen (secondary N) is 2. The van der Waals surface area contributed by atoms with Gasteiger partial charge in [-0.2, -0.15) is 5.10 Å². The molecule has 0 saturated heterocycles. The molecule has 0 aliphatic carbocycles. The quantitative estimate of drug-likeness (QED) is 0.599. The third-order valence-electron chi connectivity index (χ3n) is 4.95. The van der Waals surface area contributed by atoms with Crippen molar-refractivity contribution in [3.8, 4) is 22.8 Å². The molecule has 0 atom stereocenters. The molecule has 1 aliphatic heterocycles. The van der Waals surface area contributed by atoms with E-state index in [0.717, 1.165) is 16.7 Å². The number of fused-ring (bicyclic) bond motifs is 1. The number of nitrogens with zero attached hydrogens (tertiary/aromatic N) is 2.